The molecule has 2 atom stereocenters. The first-order valence-corrected chi connectivity index (χ1v) is 11.3. The van der Waals surface area contributed by atoms with Crippen molar-refractivity contribution in [1.29, 1.82) is 0 Å². The second-order valence-electron chi connectivity index (χ2n) is 8.14. The van der Waals surface area contributed by atoms with Gasteiger partial charge in [-0.25, -0.2) is 4.98 Å². The Kier molecular flexibility index (Phi) is 7.11. The standard InChI is InChI=1S/C22H25Cl2N3O3S/c1-13(17-6-5-15(23)10-26-17)22(20-27-11-18(24)31-20)8-14(19(25)28)7-16(9-22)30-12-21(2,3)29-4/h5-7,9-11,13H,8,12H2,1-4H3,(H2,25,28)/t13-,22?/m0/s1. The molecule has 1 unspecified atom stereocenters. The zero-order valence-electron chi connectivity index (χ0n) is 17.8. The second-order valence-corrected chi connectivity index (χ2v) is 10.2. The topological polar surface area (TPSA) is 87.3 Å². The van der Waals surface area contributed by atoms with Crippen LogP contribution in [0.5, 0.6) is 0 Å². The SMILES string of the molecule is COC(C)(C)COC1=CC(c2ncc(Cl)s2)([C@@H](C)c2ccc(Cl)cn2)CC(C(N)=O)=C1. The van der Waals surface area contributed by atoms with Crippen LogP contribution in [0.3, 0.4) is 0 Å². The number of aromatic nitrogens is 2. The fourth-order valence-corrected chi connectivity index (χ4v) is 4.69. The van der Waals surface area contributed by atoms with E-state index in [1.807, 2.05) is 32.9 Å². The molecule has 0 radical (unpaired) electrons. The Morgan fingerprint density at radius 2 is 2.06 bits per heavy atom. The van der Waals surface area contributed by atoms with E-state index in [1.54, 1.807) is 31.6 Å². The zero-order chi connectivity index (χ0) is 22.8. The van der Waals surface area contributed by atoms with Crippen molar-refractivity contribution < 1.29 is 14.3 Å². The highest BCUT2D eigenvalue weighted by Gasteiger charge is 2.44. The number of primary amides is 1. The number of halogens is 2. The summed E-state index contributed by atoms with van der Waals surface area (Å²) in [6.07, 6.45) is 7.23. The van der Waals surface area contributed by atoms with Gasteiger partial charge >= 0.3 is 0 Å². The third-order valence-corrected chi connectivity index (χ3v) is 7.03. The Bertz CT molecular complexity index is 1020. The predicted molar refractivity (Wildman–Crippen MR) is 123 cm³/mol. The summed E-state index contributed by atoms with van der Waals surface area (Å²) in [5.41, 5.74) is 5.72. The Labute approximate surface area is 196 Å². The molecule has 3 rings (SSSR count). The minimum Gasteiger partial charge on any atom is -0.491 e. The molecule has 0 saturated carbocycles. The molecule has 0 aliphatic heterocycles. The first-order chi connectivity index (χ1) is 14.6. The van der Waals surface area contributed by atoms with Crippen LogP contribution < -0.4 is 5.73 Å². The van der Waals surface area contributed by atoms with Crippen LogP contribution in [0.4, 0.5) is 0 Å². The minimum absolute atomic E-state index is 0.177. The zero-order valence-corrected chi connectivity index (χ0v) is 20.1. The molecule has 0 saturated heterocycles. The van der Waals surface area contributed by atoms with Crippen molar-refractivity contribution in [3.8, 4) is 0 Å². The van der Waals surface area contributed by atoms with Crippen LogP contribution in [0.15, 0.2) is 48.0 Å². The molecule has 166 valence electrons. The highest BCUT2D eigenvalue weighted by molar-refractivity contribution is 7.16. The third-order valence-electron chi connectivity index (χ3n) is 5.50. The van der Waals surface area contributed by atoms with Crippen molar-refractivity contribution in [2.45, 2.75) is 44.1 Å². The van der Waals surface area contributed by atoms with E-state index in [0.717, 1.165) is 10.7 Å². The maximum absolute atomic E-state index is 12.3. The molecular formula is C22H25Cl2N3O3S. The monoisotopic (exact) mass is 481 g/mol. The second kappa shape index (κ2) is 9.28. The van der Waals surface area contributed by atoms with Crippen molar-refractivity contribution in [2.24, 2.45) is 5.73 Å². The van der Waals surface area contributed by atoms with E-state index in [4.69, 9.17) is 38.4 Å². The third kappa shape index (κ3) is 5.29. The van der Waals surface area contributed by atoms with Gasteiger partial charge in [-0.15, -0.1) is 11.3 Å². The molecule has 0 bridgehead atoms. The largest absolute Gasteiger partial charge is 0.491 e. The van der Waals surface area contributed by atoms with Gasteiger partial charge in [-0.2, -0.15) is 0 Å². The van der Waals surface area contributed by atoms with Gasteiger partial charge in [-0.1, -0.05) is 30.1 Å². The molecule has 0 aromatic carbocycles. The number of ether oxygens (including phenoxy) is 2. The van der Waals surface area contributed by atoms with Crippen molar-refractivity contribution in [1.82, 2.24) is 9.97 Å². The molecule has 9 heteroatoms. The Morgan fingerprint density at radius 1 is 1.32 bits per heavy atom. The number of nitrogens with zero attached hydrogens (tertiary/aromatic N) is 2. The summed E-state index contributed by atoms with van der Waals surface area (Å²) in [6.45, 7) is 6.16. The van der Waals surface area contributed by atoms with Gasteiger partial charge < -0.3 is 15.2 Å². The van der Waals surface area contributed by atoms with Gasteiger partial charge in [-0.05, 0) is 44.6 Å². The molecule has 2 aromatic rings. The van der Waals surface area contributed by atoms with E-state index >= 15 is 0 Å². The van der Waals surface area contributed by atoms with Gasteiger partial charge in [0, 0.05) is 30.5 Å². The lowest BCUT2D eigenvalue weighted by Crippen LogP contribution is -2.37. The lowest BCUT2D eigenvalue weighted by Gasteiger charge is -2.38. The first-order valence-electron chi connectivity index (χ1n) is 9.71. The summed E-state index contributed by atoms with van der Waals surface area (Å²) in [5.74, 6) is -0.162. The number of carbonyl (C=O) groups is 1. The van der Waals surface area contributed by atoms with Gasteiger partial charge in [-0.3, -0.25) is 9.78 Å². The van der Waals surface area contributed by atoms with Crippen molar-refractivity contribution in [3.05, 3.63) is 68.1 Å². The molecular weight excluding hydrogens is 457 g/mol. The Hall–Kier alpha value is -1.93. The molecule has 2 N–H and O–H groups in total. The van der Waals surface area contributed by atoms with E-state index in [-0.39, 0.29) is 5.92 Å². The van der Waals surface area contributed by atoms with Crippen LogP contribution in [0, 0.1) is 0 Å². The number of allylic oxidation sites excluding steroid dienone is 2. The fourth-order valence-electron chi connectivity index (χ4n) is 3.42. The van der Waals surface area contributed by atoms with Crippen LogP contribution in [0.25, 0.3) is 0 Å². The minimum atomic E-state index is -0.732. The van der Waals surface area contributed by atoms with E-state index in [2.05, 4.69) is 9.97 Å². The Balaban J connectivity index is 2.12. The molecule has 1 aliphatic carbocycles. The number of rotatable bonds is 8. The normalized spacial score (nSPS) is 20.1. The number of carbonyl (C=O) groups excluding carboxylic acids is 1. The van der Waals surface area contributed by atoms with Gasteiger partial charge in [0.1, 0.15) is 21.7 Å². The van der Waals surface area contributed by atoms with Gasteiger partial charge in [0.25, 0.3) is 0 Å². The van der Waals surface area contributed by atoms with Crippen LogP contribution >= 0.6 is 34.5 Å². The lowest BCUT2D eigenvalue weighted by molar-refractivity contribution is -0.114. The average molecular weight is 482 g/mol. The van der Waals surface area contributed by atoms with Gasteiger partial charge in [0.15, 0.2) is 0 Å². The summed E-state index contributed by atoms with van der Waals surface area (Å²) in [4.78, 5) is 21.3. The number of methoxy groups -OCH3 is 1. The first kappa shape index (κ1) is 23.7. The molecule has 1 aliphatic rings. The molecule has 0 spiro atoms. The number of thiazole rings is 1. The molecule has 2 aromatic heterocycles. The van der Waals surface area contributed by atoms with Crippen molar-refractivity contribution in [2.75, 3.05) is 13.7 Å². The van der Waals surface area contributed by atoms with E-state index in [0.29, 0.717) is 33.7 Å². The quantitative estimate of drug-likeness (QED) is 0.571. The smallest absolute Gasteiger partial charge is 0.244 e. The summed E-state index contributed by atoms with van der Waals surface area (Å²) >= 11 is 13.6. The average Bonchev–Trinajstić information content (AvgIpc) is 3.19. The molecule has 2 heterocycles. The van der Waals surface area contributed by atoms with Gasteiger partial charge in [0.2, 0.25) is 5.91 Å². The van der Waals surface area contributed by atoms with E-state index in [9.17, 15) is 4.79 Å². The van der Waals surface area contributed by atoms with Crippen LogP contribution in [-0.4, -0.2) is 35.2 Å². The molecule has 1 amide bonds. The van der Waals surface area contributed by atoms with Crippen molar-refractivity contribution >= 4 is 40.4 Å². The summed E-state index contributed by atoms with van der Waals surface area (Å²) in [5, 5.41) is 1.30. The summed E-state index contributed by atoms with van der Waals surface area (Å²) < 4.78 is 12.1. The summed E-state index contributed by atoms with van der Waals surface area (Å²) in [7, 11) is 1.62. The van der Waals surface area contributed by atoms with Crippen LogP contribution in [0.2, 0.25) is 9.36 Å². The highest BCUT2D eigenvalue weighted by Crippen LogP contribution is 2.49. The van der Waals surface area contributed by atoms with Crippen LogP contribution in [0.1, 0.15) is 43.8 Å². The van der Waals surface area contributed by atoms with Crippen molar-refractivity contribution in [3.63, 3.8) is 0 Å². The number of hydrogen-bond acceptors (Lipinski definition) is 6. The Morgan fingerprint density at radius 3 is 2.61 bits per heavy atom. The predicted octanol–water partition coefficient (Wildman–Crippen LogP) is 5.03. The van der Waals surface area contributed by atoms with Crippen LogP contribution in [-0.2, 0) is 19.7 Å². The number of amides is 1. The van der Waals surface area contributed by atoms with E-state index in [1.165, 1.54) is 11.3 Å². The molecule has 31 heavy (non-hydrogen) atoms. The lowest BCUT2D eigenvalue weighted by atomic mass is 9.68. The maximum atomic E-state index is 12.3. The highest BCUT2D eigenvalue weighted by atomic mass is 35.5. The number of hydrogen-bond donors (Lipinski definition) is 1. The number of pyridine rings is 1. The maximum Gasteiger partial charge on any atom is 0.244 e. The fraction of sp³-hybridized carbons (Fsp3) is 0.409. The van der Waals surface area contributed by atoms with E-state index < -0.39 is 16.9 Å². The summed E-state index contributed by atoms with van der Waals surface area (Å²) in [6, 6.07) is 3.66. The number of nitrogens with two attached hydrogens (primary N) is 1. The van der Waals surface area contributed by atoms with Gasteiger partial charge in [0.05, 0.1) is 22.2 Å². The molecule has 0 fully saturated rings. The molecule has 6 nitrogen and oxygen atoms in total.